The van der Waals surface area contributed by atoms with Crippen molar-refractivity contribution in [2.24, 2.45) is 0 Å². The molecule has 8 heteroatoms. The van der Waals surface area contributed by atoms with E-state index in [1.807, 2.05) is 18.2 Å². The smallest absolute Gasteiger partial charge is 0.258 e. The molecule has 0 bridgehead atoms. The maximum absolute atomic E-state index is 12.1. The Bertz CT molecular complexity index is 850. The van der Waals surface area contributed by atoms with E-state index in [0.717, 1.165) is 17.7 Å². The number of nitrogens with one attached hydrogen (secondary N) is 1. The topological polar surface area (TPSA) is 91.2 Å². The molecule has 0 saturated heterocycles. The van der Waals surface area contributed by atoms with Gasteiger partial charge >= 0.3 is 0 Å². The fourth-order valence-corrected chi connectivity index (χ4v) is 2.34. The van der Waals surface area contributed by atoms with Crippen LogP contribution in [0, 0.1) is 0 Å². The van der Waals surface area contributed by atoms with Crippen molar-refractivity contribution >= 4 is 5.91 Å². The third-order valence-electron chi connectivity index (χ3n) is 3.65. The number of benzene rings is 1. The monoisotopic (exact) mass is 367 g/mol. The molecule has 140 valence electrons. The normalized spacial score (nSPS) is 10.4. The number of pyridine rings is 1. The Kier molecular flexibility index (Phi) is 6.35. The second-order valence-electron chi connectivity index (χ2n) is 5.71. The minimum absolute atomic E-state index is 0.0753. The number of amides is 1. The van der Waals surface area contributed by atoms with Gasteiger partial charge in [-0.1, -0.05) is 13.0 Å². The van der Waals surface area contributed by atoms with Crippen molar-refractivity contribution in [3.63, 3.8) is 0 Å². The lowest BCUT2D eigenvalue weighted by Gasteiger charge is -2.10. The zero-order valence-electron chi connectivity index (χ0n) is 15.0. The minimum atomic E-state index is -0.227. The molecule has 0 aliphatic rings. The van der Waals surface area contributed by atoms with Crippen molar-refractivity contribution in [3.8, 4) is 17.3 Å². The van der Waals surface area contributed by atoms with Crippen molar-refractivity contribution in [1.29, 1.82) is 0 Å². The maximum atomic E-state index is 12.1. The molecule has 0 unspecified atom stereocenters. The number of ether oxygens (including phenoxy) is 2. The third-order valence-corrected chi connectivity index (χ3v) is 3.65. The molecule has 2 heterocycles. The summed E-state index contributed by atoms with van der Waals surface area (Å²) in [5.41, 5.74) is 0.828. The van der Waals surface area contributed by atoms with Gasteiger partial charge in [-0.25, -0.2) is 14.6 Å². The van der Waals surface area contributed by atoms with Gasteiger partial charge in [-0.05, 0) is 36.8 Å². The van der Waals surface area contributed by atoms with E-state index < -0.39 is 0 Å². The summed E-state index contributed by atoms with van der Waals surface area (Å²) in [6.45, 7) is 2.97. The first-order valence-corrected chi connectivity index (χ1v) is 8.67. The highest BCUT2D eigenvalue weighted by Gasteiger charge is 2.09. The summed E-state index contributed by atoms with van der Waals surface area (Å²) in [4.78, 5) is 20.3. The summed E-state index contributed by atoms with van der Waals surface area (Å²) in [6.07, 6.45) is 5.61. The van der Waals surface area contributed by atoms with Gasteiger partial charge in [-0.3, -0.25) is 4.79 Å². The van der Waals surface area contributed by atoms with Crippen molar-refractivity contribution in [2.75, 3.05) is 13.2 Å². The van der Waals surface area contributed by atoms with E-state index in [1.54, 1.807) is 35.4 Å². The van der Waals surface area contributed by atoms with Crippen LogP contribution in [0.25, 0.3) is 5.82 Å². The summed E-state index contributed by atoms with van der Waals surface area (Å²) in [5.74, 6) is 1.79. The highest BCUT2D eigenvalue weighted by atomic mass is 16.5. The van der Waals surface area contributed by atoms with Crippen LogP contribution in [0.1, 0.15) is 18.9 Å². The molecule has 8 nitrogen and oxygen atoms in total. The first kappa shape index (κ1) is 18.4. The van der Waals surface area contributed by atoms with Gasteiger partial charge in [-0.15, -0.1) is 0 Å². The van der Waals surface area contributed by atoms with Crippen LogP contribution in [0.5, 0.6) is 11.5 Å². The number of nitrogens with zero attached hydrogens (tertiary/aromatic N) is 4. The minimum Gasteiger partial charge on any atom is -0.494 e. The number of carbonyl (C=O) groups is 1. The van der Waals surface area contributed by atoms with Crippen LogP contribution < -0.4 is 14.8 Å². The van der Waals surface area contributed by atoms with Crippen LogP contribution in [-0.2, 0) is 11.3 Å². The predicted octanol–water partition coefficient (Wildman–Crippen LogP) is 2.15. The molecule has 0 radical (unpaired) electrons. The Hall–Kier alpha value is -3.42. The highest BCUT2D eigenvalue weighted by Crippen LogP contribution is 2.17. The second kappa shape index (κ2) is 9.33. The van der Waals surface area contributed by atoms with E-state index >= 15 is 0 Å². The molecule has 0 fully saturated rings. The van der Waals surface area contributed by atoms with Crippen LogP contribution in [0.2, 0.25) is 0 Å². The van der Waals surface area contributed by atoms with E-state index in [2.05, 4.69) is 27.3 Å². The van der Waals surface area contributed by atoms with Crippen molar-refractivity contribution in [1.82, 2.24) is 25.1 Å². The average molecular weight is 367 g/mol. The molecular weight excluding hydrogens is 346 g/mol. The fraction of sp³-hybridized carbons (Fsp3) is 0.263. The molecule has 27 heavy (non-hydrogen) atoms. The lowest BCUT2D eigenvalue weighted by molar-refractivity contribution is -0.123. The van der Waals surface area contributed by atoms with Gasteiger partial charge in [0, 0.05) is 18.3 Å². The van der Waals surface area contributed by atoms with Gasteiger partial charge < -0.3 is 14.8 Å². The number of hydrogen-bond donors (Lipinski definition) is 1. The Morgan fingerprint density at radius 2 is 1.93 bits per heavy atom. The molecule has 0 saturated carbocycles. The van der Waals surface area contributed by atoms with Crippen LogP contribution in [-0.4, -0.2) is 38.9 Å². The number of rotatable bonds is 9. The fourth-order valence-electron chi connectivity index (χ4n) is 2.34. The van der Waals surface area contributed by atoms with E-state index in [0.29, 0.717) is 24.7 Å². The molecule has 0 atom stereocenters. The highest BCUT2D eigenvalue weighted by molar-refractivity contribution is 5.77. The molecule has 1 N–H and O–H groups in total. The zero-order valence-corrected chi connectivity index (χ0v) is 15.0. The van der Waals surface area contributed by atoms with Crippen LogP contribution in [0.15, 0.2) is 55.2 Å². The molecule has 0 spiro atoms. The van der Waals surface area contributed by atoms with Gasteiger partial charge in [0.1, 0.15) is 24.2 Å². The van der Waals surface area contributed by atoms with Crippen LogP contribution in [0.4, 0.5) is 0 Å². The summed E-state index contributed by atoms with van der Waals surface area (Å²) in [7, 11) is 0. The Labute approximate surface area is 157 Å². The van der Waals surface area contributed by atoms with Gasteiger partial charge in [0.05, 0.1) is 6.61 Å². The third kappa shape index (κ3) is 5.27. The average Bonchev–Trinajstić information content (AvgIpc) is 3.25. The number of aromatic nitrogens is 4. The lowest BCUT2D eigenvalue weighted by atomic mass is 10.2. The molecule has 0 aliphatic heterocycles. The van der Waals surface area contributed by atoms with Crippen LogP contribution in [0.3, 0.4) is 0 Å². The Balaban J connectivity index is 1.49. The molecule has 1 amide bonds. The lowest BCUT2D eigenvalue weighted by Crippen LogP contribution is -2.29. The van der Waals surface area contributed by atoms with E-state index in [9.17, 15) is 4.79 Å². The predicted molar refractivity (Wildman–Crippen MR) is 98.7 cm³/mol. The molecule has 1 aromatic carbocycles. The van der Waals surface area contributed by atoms with Crippen molar-refractivity contribution in [2.45, 2.75) is 19.9 Å². The molecule has 2 aromatic heterocycles. The van der Waals surface area contributed by atoms with Gasteiger partial charge in [-0.2, -0.15) is 5.10 Å². The molecule has 3 aromatic rings. The van der Waals surface area contributed by atoms with Crippen LogP contribution >= 0.6 is 0 Å². The molecular formula is C19H21N5O3. The van der Waals surface area contributed by atoms with Crippen molar-refractivity contribution < 1.29 is 14.3 Å². The SMILES string of the molecule is CCCOc1ccc(OCC(=O)NCc2cccnc2-n2cncn2)cc1. The number of hydrogen-bond acceptors (Lipinski definition) is 6. The summed E-state index contributed by atoms with van der Waals surface area (Å²) in [5, 5.41) is 6.89. The van der Waals surface area contributed by atoms with Crippen molar-refractivity contribution in [3.05, 3.63) is 60.8 Å². The van der Waals surface area contributed by atoms with Gasteiger partial charge in [0.25, 0.3) is 5.91 Å². The second-order valence-corrected chi connectivity index (χ2v) is 5.71. The summed E-state index contributed by atoms with van der Waals surface area (Å²) in [6, 6.07) is 10.9. The first-order valence-electron chi connectivity index (χ1n) is 8.67. The molecule has 0 aliphatic carbocycles. The summed E-state index contributed by atoms with van der Waals surface area (Å²) < 4.78 is 12.6. The zero-order chi connectivity index (χ0) is 18.9. The molecule has 3 rings (SSSR count). The first-order chi connectivity index (χ1) is 13.3. The largest absolute Gasteiger partial charge is 0.494 e. The maximum Gasteiger partial charge on any atom is 0.258 e. The van der Waals surface area contributed by atoms with E-state index in [1.165, 1.54) is 6.33 Å². The summed E-state index contributed by atoms with van der Waals surface area (Å²) >= 11 is 0. The van der Waals surface area contributed by atoms with E-state index in [-0.39, 0.29) is 12.5 Å². The van der Waals surface area contributed by atoms with Gasteiger partial charge in [0.2, 0.25) is 0 Å². The Morgan fingerprint density at radius 3 is 2.63 bits per heavy atom. The standard InChI is InChI=1S/C19H21N5O3/c1-2-10-26-16-5-7-17(8-6-16)27-12-18(25)22-11-15-4-3-9-21-19(15)24-14-20-13-23-24/h3-9,13-14H,2,10-12H2,1H3,(H,22,25). The number of carbonyl (C=O) groups excluding carboxylic acids is 1. The van der Waals surface area contributed by atoms with Gasteiger partial charge in [0.15, 0.2) is 12.4 Å². The Morgan fingerprint density at radius 1 is 1.15 bits per heavy atom. The quantitative estimate of drug-likeness (QED) is 0.623. The van der Waals surface area contributed by atoms with E-state index in [4.69, 9.17) is 9.47 Å².